The minimum absolute atomic E-state index is 0.0470. The van der Waals surface area contributed by atoms with Crippen molar-refractivity contribution in [3.8, 4) is 0 Å². The average molecular weight is 419 g/mol. The van der Waals surface area contributed by atoms with Crippen molar-refractivity contribution in [3.05, 3.63) is 35.6 Å². The van der Waals surface area contributed by atoms with E-state index < -0.39 is 0 Å². The van der Waals surface area contributed by atoms with Crippen LogP contribution in [-0.2, 0) is 14.3 Å². The lowest BCUT2D eigenvalue weighted by Crippen LogP contribution is -2.55. The van der Waals surface area contributed by atoms with Crippen LogP contribution in [0.4, 0.5) is 4.39 Å². The number of hydrogen-bond acceptors (Lipinski definition) is 5. The van der Waals surface area contributed by atoms with E-state index in [9.17, 15) is 9.18 Å². The van der Waals surface area contributed by atoms with Gasteiger partial charge in [0.1, 0.15) is 5.82 Å². The topological polar surface area (TPSA) is 50.8 Å². The van der Waals surface area contributed by atoms with Gasteiger partial charge in [-0.3, -0.25) is 9.69 Å². The zero-order valence-electron chi connectivity index (χ0n) is 18.2. The summed E-state index contributed by atoms with van der Waals surface area (Å²) in [5.74, 6) is 0.912. The van der Waals surface area contributed by atoms with Gasteiger partial charge in [0.2, 0.25) is 0 Å². The molecule has 3 fully saturated rings. The van der Waals surface area contributed by atoms with Crippen LogP contribution in [-0.4, -0.2) is 63.4 Å². The van der Waals surface area contributed by atoms with E-state index in [2.05, 4.69) is 10.2 Å². The first-order chi connectivity index (χ1) is 14.5. The van der Waals surface area contributed by atoms with E-state index >= 15 is 0 Å². The predicted molar refractivity (Wildman–Crippen MR) is 114 cm³/mol. The van der Waals surface area contributed by atoms with Gasteiger partial charge >= 0.3 is 5.97 Å². The molecule has 0 bridgehead atoms. The van der Waals surface area contributed by atoms with Gasteiger partial charge in [0, 0.05) is 31.7 Å². The third-order valence-corrected chi connectivity index (χ3v) is 7.50. The van der Waals surface area contributed by atoms with Gasteiger partial charge in [-0.05, 0) is 68.8 Å². The second kappa shape index (κ2) is 9.33. The Morgan fingerprint density at radius 1 is 1.23 bits per heavy atom. The molecule has 2 unspecified atom stereocenters. The third-order valence-electron chi connectivity index (χ3n) is 7.50. The van der Waals surface area contributed by atoms with Crippen molar-refractivity contribution in [1.82, 2.24) is 10.2 Å². The highest BCUT2D eigenvalue weighted by Gasteiger charge is 2.48. The number of ether oxygens (including phenoxy) is 2. The molecule has 0 spiro atoms. The summed E-state index contributed by atoms with van der Waals surface area (Å²) in [5.41, 5.74) is 0.928. The Labute approximate surface area is 179 Å². The number of hydrogen-bond donors (Lipinski definition) is 1. The van der Waals surface area contributed by atoms with Crippen LogP contribution >= 0.6 is 0 Å². The largest absolute Gasteiger partial charge is 0.469 e. The molecule has 0 radical (unpaired) electrons. The normalized spacial score (nSPS) is 30.5. The number of carbonyl (C=O) groups excluding carboxylic acids is 1. The van der Waals surface area contributed by atoms with Crippen molar-refractivity contribution in [3.63, 3.8) is 0 Å². The van der Waals surface area contributed by atoms with Crippen LogP contribution in [0.3, 0.4) is 0 Å². The molecule has 6 heteroatoms. The lowest BCUT2D eigenvalue weighted by atomic mass is 9.68. The van der Waals surface area contributed by atoms with Gasteiger partial charge in [0.05, 0.1) is 19.1 Å². The van der Waals surface area contributed by atoms with Gasteiger partial charge in [-0.1, -0.05) is 18.6 Å². The highest BCUT2D eigenvalue weighted by Crippen LogP contribution is 2.44. The van der Waals surface area contributed by atoms with Crippen LogP contribution in [0, 0.1) is 17.2 Å². The molecule has 0 amide bonds. The molecule has 1 aromatic carbocycles. The highest BCUT2D eigenvalue weighted by molar-refractivity contribution is 5.78. The van der Waals surface area contributed by atoms with Gasteiger partial charge in [-0.2, -0.15) is 0 Å². The zero-order valence-corrected chi connectivity index (χ0v) is 18.2. The lowest BCUT2D eigenvalue weighted by Gasteiger charge is -2.47. The minimum atomic E-state index is -0.303. The van der Waals surface area contributed by atoms with Crippen molar-refractivity contribution in [2.75, 3.05) is 40.5 Å². The molecule has 1 heterocycles. The Balaban J connectivity index is 1.27. The van der Waals surface area contributed by atoms with Gasteiger partial charge < -0.3 is 14.8 Å². The fraction of sp³-hybridized carbons (Fsp3) is 0.708. The summed E-state index contributed by atoms with van der Waals surface area (Å²) >= 11 is 0. The zero-order chi connectivity index (χ0) is 21.1. The smallest absolute Gasteiger partial charge is 0.313 e. The number of methoxy groups -OCH3 is 2. The maximum atomic E-state index is 13.1. The number of likely N-dealkylation sites (tertiary alicyclic amines) is 1. The predicted octanol–water partition coefficient (Wildman–Crippen LogP) is 3.34. The summed E-state index contributed by atoms with van der Waals surface area (Å²) in [6.45, 7) is 3.52. The maximum Gasteiger partial charge on any atom is 0.313 e. The number of rotatable bonds is 9. The second-order valence-electron chi connectivity index (χ2n) is 9.50. The monoisotopic (exact) mass is 418 g/mol. The summed E-state index contributed by atoms with van der Waals surface area (Å²) in [4.78, 5) is 14.8. The summed E-state index contributed by atoms with van der Waals surface area (Å²) in [5, 5.41) is 3.74. The first-order valence-electron chi connectivity index (χ1n) is 11.3. The van der Waals surface area contributed by atoms with Gasteiger partial charge in [0.25, 0.3) is 0 Å². The van der Waals surface area contributed by atoms with E-state index in [1.807, 2.05) is 12.1 Å². The van der Waals surface area contributed by atoms with Gasteiger partial charge in [0.15, 0.2) is 0 Å². The minimum Gasteiger partial charge on any atom is -0.469 e. The van der Waals surface area contributed by atoms with Gasteiger partial charge in [-0.15, -0.1) is 0 Å². The molecule has 0 aromatic heterocycles. The average Bonchev–Trinajstić information content (AvgIpc) is 3.50. The molecule has 1 aliphatic heterocycles. The second-order valence-corrected chi connectivity index (χ2v) is 9.50. The van der Waals surface area contributed by atoms with Crippen LogP contribution in [0.5, 0.6) is 0 Å². The van der Waals surface area contributed by atoms with Crippen molar-refractivity contribution >= 4 is 5.97 Å². The van der Waals surface area contributed by atoms with Gasteiger partial charge in [-0.25, -0.2) is 4.39 Å². The molecule has 30 heavy (non-hydrogen) atoms. The number of esters is 1. The Kier molecular flexibility index (Phi) is 6.75. The van der Waals surface area contributed by atoms with E-state index in [1.54, 1.807) is 19.2 Å². The molecule has 2 aliphatic carbocycles. The molecule has 4 rings (SSSR count). The molecule has 1 saturated heterocycles. The van der Waals surface area contributed by atoms with Crippen molar-refractivity contribution in [1.29, 1.82) is 0 Å². The quantitative estimate of drug-likeness (QED) is 0.624. The first kappa shape index (κ1) is 21.7. The number of nitrogens with one attached hydrogen (secondary N) is 1. The third kappa shape index (κ3) is 4.71. The fourth-order valence-electron chi connectivity index (χ4n) is 5.39. The van der Waals surface area contributed by atoms with E-state index in [0.717, 1.165) is 58.2 Å². The first-order valence-corrected chi connectivity index (χ1v) is 11.3. The molecule has 1 N–H and O–H groups in total. The summed E-state index contributed by atoms with van der Waals surface area (Å²) in [7, 11) is 3.26. The van der Waals surface area contributed by atoms with E-state index in [1.165, 1.54) is 12.7 Å². The number of carbonyl (C=O) groups is 1. The van der Waals surface area contributed by atoms with Crippen molar-refractivity contribution in [2.24, 2.45) is 11.3 Å². The Hall–Kier alpha value is -1.50. The van der Waals surface area contributed by atoms with Crippen LogP contribution in [0.1, 0.15) is 50.0 Å². The van der Waals surface area contributed by atoms with Crippen LogP contribution < -0.4 is 5.32 Å². The summed E-state index contributed by atoms with van der Waals surface area (Å²) < 4.78 is 23.8. The molecule has 3 aliphatic rings. The van der Waals surface area contributed by atoms with E-state index in [-0.39, 0.29) is 17.2 Å². The summed E-state index contributed by atoms with van der Waals surface area (Å²) in [6, 6.07) is 7.79. The molecule has 166 valence electrons. The molecule has 1 aromatic rings. The molecular weight excluding hydrogens is 383 g/mol. The lowest BCUT2D eigenvalue weighted by molar-refractivity contribution is -0.161. The van der Waals surface area contributed by atoms with Crippen LogP contribution in [0.25, 0.3) is 0 Å². The number of benzene rings is 1. The number of nitrogens with zero attached hydrogens (tertiary/aromatic N) is 1. The number of piperidine rings is 1. The molecule has 4 atom stereocenters. The molecular formula is C24H35FN2O3. The Morgan fingerprint density at radius 2 is 2.00 bits per heavy atom. The molecule has 5 nitrogen and oxygen atoms in total. The Bertz CT molecular complexity index is 722. The van der Waals surface area contributed by atoms with Crippen LogP contribution in [0.2, 0.25) is 0 Å². The fourth-order valence-corrected chi connectivity index (χ4v) is 5.39. The highest BCUT2D eigenvalue weighted by atomic mass is 19.1. The molecule has 2 saturated carbocycles. The SMILES string of the molecule is COCC1CC(CN[C@@H]2C[C@H]2c2ccc(F)cc2)CCN1CC1(C(=O)OC)CCC1. The van der Waals surface area contributed by atoms with Crippen molar-refractivity contribution in [2.45, 2.75) is 56.5 Å². The number of halogens is 1. The van der Waals surface area contributed by atoms with E-state index in [4.69, 9.17) is 9.47 Å². The van der Waals surface area contributed by atoms with E-state index in [0.29, 0.717) is 30.5 Å². The standard InChI is InChI=1S/C24H35FN2O3/c1-29-15-20-12-17(8-11-27(20)16-24(9-3-10-24)23(28)30-2)14-26-22-13-21(22)18-4-6-19(25)7-5-18/h4-7,17,20-22,26H,3,8-16H2,1-2H3/t17?,20?,21-,22+/m0/s1. The maximum absolute atomic E-state index is 13.1. The Morgan fingerprint density at radius 3 is 2.63 bits per heavy atom. The summed E-state index contributed by atoms with van der Waals surface area (Å²) in [6.07, 6.45) is 6.35. The van der Waals surface area contributed by atoms with Crippen molar-refractivity contribution < 1.29 is 18.7 Å². The van der Waals surface area contributed by atoms with Crippen LogP contribution in [0.15, 0.2) is 24.3 Å².